The van der Waals surface area contributed by atoms with E-state index in [0.717, 1.165) is 11.0 Å². The molecule has 116 valence electrons. The maximum Gasteiger partial charge on any atom is 0.417 e. The number of carbonyl (C=O) groups is 2. The van der Waals surface area contributed by atoms with E-state index >= 15 is 0 Å². The molecule has 0 radical (unpaired) electrons. The third kappa shape index (κ3) is 2.74. The smallest absolute Gasteiger partial charge is 0.355 e. The molecule has 1 aromatic rings. The zero-order valence-electron chi connectivity index (χ0n) is 11.6. The van der Waals surface area contributed by atoms with E-state index < -0.39 is 29.3 Å². The summed E-state index contributed by atoms with van der Waals surface area (Å²) in [7, 11) is 0. The van der Waals surface area contributed by atoms with Crippen molar-refractivity contribution in [2.24, 2.45) is 0 Å². The number of carbonyl (C=O) groups excluding carboxylic acids is 2. The largest absolute Gasteiger partial charge is 0.417 e. The van der Waals surface area contributed by atoms with Crippen LogP contribution in [-0.4, -0.2) is 29.8 Å². The number of hydrogen-bond acceptors (Lipinski definition) is 3. The van der Waals surface area contributed by atoms with Crippen molar-refractivity contribution in [2.45, 2.75) is 19.1 Å². The molecule has 1 heterocycles. The predicted molar refractivity (Wildman–Crippen MR) is 69.5 cm³/mol. The zero-order valence-corrected chi connectivity index (χ0v) is 11.6. The number of nitrogens with zero attached hydrogens (tertiary/aromatic N) is 2. The number of amides is 2. The van der Waals surface area contributed by atoms with Crippen molar-refractivity contribution in [3.8, 4) is 6.07 Å². The van der Waals surface area contributed by atoms with E-state index in [9.17, 15) is 28.0 Å². The van der Waals surface area contributed by atoms with E-state index in [4.69, 9.17) is 0 Å². The lowest BCUT2D eigenvalue weighted by atomic mass is 10.00. The standard InChI is InChI=1S/C14H12F3N3O2/c1-8(21)19-5-6-20-11(7-18)9-3-2-4-10(14(15,16)17)12(9)13(20)22/h2-4,11H,5-6H2,1H3,(H,19,21). The van der Waals surface area contributed by atoms with Crippen molar-refractivity contribution in [1.82, 2.24) is 10.2 Å². The van der Waals surface area contributed by atoms with Gasteiger partial charge in [0.05, 0.1) is 17.2 Å². The van der Waals surface area contributed by atoms with Crippen molar-refractivity contribution in [3.63, 3.8) is 0 Å². The average molecular weight is 311 g/mol. The summed E-state index contributed by atoms with van der Waals surface area (Å²) in [5, 5.41) is 11.6. The van der Waals surface area contributed by atoms with Crippen molar-refractivity contribution >= 4 is 11.8 Å². The number of benzene rings is 1. The minimum atomic E-state index is -4.67. The van der Waals surface area contributed by atoms with Crippen LogP contribution in [0.15, 0.2) is 18.2 Å². The summed E-state index contributed by atoms with van der Waals surface area (Å²) < 4.78 is 39.1. The molecule has 1 aliphatic rings. The second-order valence-corrected chi connectivity index (χ2v) is 4.78. The Morgan fingerprint density at radius 3 is 2.68 bits per heavy atom. The summed E-state index contributed by atoms with van der Waals surface area (Å²) >= 11 is 0. The summed E-state index contributed by atoms with van der Waals surface area (Å²) in [6.07, 6.45) is -4.67. The molecule has 5 nitrogen and oxygen atoms in total. The maximum absolute atomic E-state index is 13.0. The Morgan fingerprint density at radius 2 is 2.14 bits per heavy atom. The lowest BCUT2D eigenvalue weighted by Crippen LogP contribution is -2.36. The molecule has 8 heteroatoms. The molecule has 2 amide bonds. The number of hydrogen-bond donors (Lipinski definition) is 1. The number of nitrogens with one attached hydrogen (secondary N) is 1. The molecule has 0 aliphatic carbocycles. The number of alkyl halides is 3. The molecule has 2 rings (SSSR count). The Bertz CT molecular complexity index is 664. The summed E-state index contributed by atoms with van der Waals surface area (Å²) in [6, 6.07) is 4.10. The fourth-order valence-corrected chi connectivity index (χ4v) is 2.42. The first kappa shape index (κ1) is 15.8. The highest BCUT2D eigenvalue weighted by Crippen LogP contribution is 2.41. The number of halogens is 3. The topological polar surface area (TPSA) is 73.2 Å². The van der Waals surface area contributed by atoms with Crippen LogP contribution >= 0.6 is 0 Å². The van der Waals surface area contributed by atoms with Gasteiger partial charge in [-0.1, -0.05) is 12.1 Å². The number of rotatable bonds is 3. The van der Waals surface area contributed by atoms with E-state index in [-0.39, 0.29) is 24.6 Å². The summed E-state index contributed by atoms with van der Waals surface area (Å²) in [6.45, 7) is 1.31. The monoisotopic (exact) mass is 311 g/mol. The van der Waals surface area contributed by atoms with Gasteiger partial charge in [-0.05, 0) is 6.07 Å². The Kier molecular flexibility index (Phi) is 4.08. The zero-order chi connectivity index (χ0) is 16.5. The molecule has 0 bridgehead atoms. The van der Waals surface area contributed by atoms with Crippen molar-refractivity contribution in [2.75, 3.05) is 13.1 Å². The molecule has 1 atom stereocenters. The predicted octanol–water partition coefficient (Wildman–Crippen LogP) is 1.86. The molecule has 1 aliphatic heterocycles. The van der Waals surface area contributed by atoms with Gasteiger partial charge in [0.25, 0.3) is 5.91 Å². The van der Waals surface area contributed by atoms with Gasteiger partial charge in [0.1, 0.15) is 6.04 Å². The van der Waals surface area contributed by atoms with Crippen LogP contribution in [0, 0.1) is 11.3 Å². The molecular weight excluding hydrogens is 299 g/mol. The molecule has 0 spiro atoms. The third-order valence-electron chi connectivity index (χ3n) is 3.33. The Balaban J connectivity index is 2.38. The number of fused-ring (bicyclic) bond motifs is 1. The summed E-state index contributed by atoms with van der Waals surface area (Å²) in [5.41, 5.74) is -1.48. The van der Waals surface area contributed by atoms with Crippen molar-refractivity contribution < 1.29 is 22.8 Å². The molecule has 1 aromatic carbocycles. The first-order valence-electron chi connectivity index (χ1n) is 6.42. The summed E-state index contributed by atoms with van der Waals surface area (Å²) in [5.74, 6) is -1.17. The maximum atomic E-state index is 13.0. The Morgan fingerprint density at radius 1 is 1.45 bits per heavy atom. The van der Waals surface area contributed by atoms with Gasteiger partial charge in [-0.15, -0.1) is 0 Å². The highest BCUT2D eigenvalue weighted by Gasteiger charge is 2.44. The lowest BCUT2D eigenvalue weighted by Gasteiger charge is -2.20. The van der Waals surface area contributed by atoms with E-state index in [0.29, 0.717) is 0 Å². The van der Waals surface area contributed by atoms with Crippen LogP contribution in [0.25, 0.3) is 0 Å². The lowest BCUT2D eigenvalue weighted by molar-refractivity contribution is -0.138. The van der Waals surface area contributed by atoms with Gasteiger partial charge < -0.3 is 10.2 Å². The quantitative estimate of drug-likeness (QED) is 0.926. The minimum absolute atomic E-state index is 0.0391. The number of nitriles is 1. The van der Waals surface area contributed by atoms with E-state index in [1.54, 1.807) is 0 Å². The molecule has 1 unspecified atom stereocenters. The van der Waals surface area contributed by atoms with Gasteiger partial charge in [-0.25, -0.2) is 0 Å². The average Bonchev–Trinajstić information content (AvgIpc) is 2.70. The fourth-order valence-electron chi connectivity index (χ4n) is 2.42. The Labute approximate surface area is 124 Å². The molecule has 22 heavy (non-hydrogen) atoms. The minimum Gasteiger partial charge on any atom is -0.355 e. The molecule has 1 N–H and O–H groups in total. The van der Waals surface area contributed by atoms with Crippen LogP contribution in [0.1, 0.15) is 34.5 Å². The van der Waals surface area contributed by atoms with Gasteiger partial charge in [-0.3, -0.25) is 9.59 Å². The highest BCUT2D eigenvalue weighted by atomic mass is 19.4. The van der Waals surface area contributed by atoms with Crippen LogP contribution in [0.4, 0.5) is 13.2 Å². The van der Waals surface area contributed by atoms with Gasteiger partial charge in [0.2, 0.25) is 5.91 Å². The van der Waals surface area contributed by atoms with E-state index in [2.05, 4.69) is 5.32 Å². The molecular formula is C14H12F3N3O2. The van der Waals surface area contributed by atoms with E-state index in [1.165, 1.54) is 19.1 Å². The van der Waals surface area contributed by atoms with Crippen LogP contribution in [0.5, 0.6) is 0 Å². The van der Waals surface area contributed by atoms with Crippen LogP contribution < -0.4 is 5.32 Å². The molecule has 0 saturated carbocycles. The summed E-state index contributed by atoms with van der Waals surface area (Å²) in [4.78, 5) is 24.1. The fraction of sp³-hybridized carbons (Fsp3) is 0.357. The second-order valence-electron chi connectivity index (χ2n) is 4.78. The SMILES string of the molecule is CC(=O)NCCN1C(=O)c2c(cccc2C(F)(F)F)C1C#N. The van der Waals surface area contributed by atoms with Gasteiger partial charge >= 0.3 is 6.18 Å². The van der Waals surface area contributed by atoms with Crippen LogP contribution in [-0.2, 0) is 11.0 Å². The second kappa shape index (κ2) is 5.67. The first-order chi connectivity index (χ1) is 10.3. The Hall–Kier alpha value is -2.56. The first-order valence-corrected chi connectivity index (χ1v) is 6.42. The van der Waals surface area contributed by atoms with Crippen molar-refractivity contribution in [1.29, 1.82) is 5.26 Å². The van der Waals surface area contributed by atoms with Gasteiger partial charge in [0, 0.05) is 25.6 Å². The highest BCUT2D eigenvalue weighted by molar-refractivity contribution is 6.01. The molecule has 0 fully saturated rings. The third-order valence-corrected chi connectivity index (χ3v) is 3.33. The van der Waals surface area contributed by atoms with Crippen LogP contribution in [0.3, 0.4) is 0 Å². The van der Waals surface area contributed by atoms with Gasteiger partial charge in [-0.2, -0.15) is 18.4 Å². The van der Waals surface area contributed by atoms with E-state index in [1.807, 2.05) is 6.07 Å². The van der Waals surface area contributed by atoms with Crippen molar-refractivity contribution in [3.05, 3.63) is 34.9 Å². The van der Waals surface area contributed by atoms with Gasteiger partial charge in [0.15, 0.2) is 0 Å². The molecule has 0 saturated heterocycles. The molecule has 0 aromatic heterocycles. The van der Waals surface area contributed by atoms with Crippen LogP contribution in [0.2, 0.25) is 0 Å². The normalized spacial score (nSPS) is 17.1.